The Labute approximate surface area is 114 Å². The lowest BCUT2D eigenvalue weighted by Crippen LogP contribution is -2.47. The predicted molar refractivity (Wildman–Crippen MR) is 71.4 cm³/mol. The Morgan fingerprint density at radius 3 is 2.05 bits per heavy atom. The molecular formula is C14H24O5. The normalized spacial score (nSPS) is 16.2. The van der Waals surface area contributed by atoms with E-state index in [2.05, 4.69) is 11.3 Å². The number of rotatable bonds is 5. The number of carbonyl (C=O) groups excluding carboxylic acids is 2. The molecule has 110 valence electrons. The first-order valence-corrected chi connectivity index (χ1v) is 6.08. The maximum Gasteiger partial charge on any atom is 0.336 e. The van der Waals surface area contributed by atoms with Gasteiger partial charge in [0.2, 0.25) is 0 Å². The van der Waals surface area contributed by atoms with Gasteiger partial charge in [-0.25, -0.2) is 4.79 Å². The van der Waals surface area contributed by atoms with Crippen molar-refractivity contribution in [3.63, 3.8) is 0 Å². The van der Waals surface area contributed by atoms with Gasteiger partial charge >= 0.3 is 11.9 Å². The Hall–Kier alpha value is -1.36. The zero-order valence-electron chi connectivity index (χ0n) is 12.6. The second-order valence-corrected chi connectivity index (χ2v) is 5.98. The SMILES string of the molecule is C=C(C)C[C@](C)(C(=O)OC)[C@@H](O)C(=O)OC(C)(C)C. The molecule has 0 aromatic heterocycles. The summed E-state index contributed by atoms with van der Waals surface area (Å²) in [7, 11) is 1.21. The van der Waals surface area contributed by atoms with Gasteiger partial charge in [0.25, 0.3) is 0 Å². The first kappa shape index (κ1) is 17.6. The van der Waals surface area contributed by atoms with Crippen LogP contribution in [0.3, 0.4) is 0 Å². The molecule has 0 spiro atoms. The third-order valence-electron chi connectivity index (χ3n) is 2.55. The number of aliphatic hydroxyl groups excluding tert-OH is 1. The molecular weight excluding hydrogens is 248 g/mol. The second-order valence-electron chi connectivity index (χ2n) is 5.98. The van der Waals surface area contributed by atoms with Crippen molar-refractivity contribution < 1.29 is 24.2 Å². The van der Waals surface area contributed by atoms with Gasteiger partial charge < -0.3 is 14.6 Å². The Morgan fingerprint density at radius 1 is 1.26 bits per heavy atom. The number of allylic oxidation sites excluding steroid dienone is 1. The summed E-state index contributed by atoms with van der Waals surface area (Å²) in [4.78, 5) is 23.7. The number of hydrogen-bond acceptors (Lipinski definition) is 5. The van der Waals surface area contributed by atoms with Crippen molar-refractivity contribution in [3.05, 3.63) is 12.2 Å². The number of methoxy groups -OCH3 is 1. The molecule has 2 atom stereocenters. The van der Waals surface area contributed by atoms with Gasteiger partial charge in [-0.15, -0.1) is 6.58 Å². The molecule has 0 aromatic rings. The summed E-state index contributed by atoms with van der Waals surface area (Å²) in [5.74, 6) is -1.52. The molecule has 0 rings (SSSR count). The average Bonchev–Trinajstić information content (AvgIpc) is 2.23. The lowest BCUT2D eigenvalue weighted by molar-refractivity contribution is -0.181. The Kier molecular flexibility index (Phi) is 5.75. The first-order chi connectivity index (χ1) is 8.44. The maximum atomic E-state index is 11.9. The van der Waals surface area contributed by atoms with Gasteiger partial charge in [0.05, 0.1) is 7.11 Å². The Balaban J connectivity index is 5.22. The molecule has 19 heavy (non-hydrogen) atoms. The van der Waals surface area contributed by atoms with E-state index >= 15 is 0 Å². The van der Waals surface area contributed by atoms with E-state index in [4.69, 9.17) is 4.74 Å². The molecule has 0 aliphatic rings. The monoisotopic (exact) mass is 272 g/mol. The van der Waals surface area contributed by atoms with E-state index in [0.717, 1.165) is 0 Å². The van der Waals surface area contributed by atoms with Crippen molar-refractivity contribution in [1.82, 2.24) is 0 Å². The minimum atomic E-state index is -1.60. The number of carbonyl (C=O) groups is 2. The molecule has 0 heterocycles. The van der Waals surface area contributed by atoms with E-state index in [1.165, 1.54) is 14.0 Å². The van der Waals surface area contributed by atoms with Gasteiger partial charge in [-0.2, -0.15) is 0 Å². The molecule has 0 aliphatic carbocycles. The van der Waals surface area contributed by atoms with Crippen LogP contribution in [0, 0.1) is 5.41 Å². The van der Waals surface area contributed by atoms with Crippen LogP contribution in [0.2, 0.25) is 0 Å². The van der Waals surface area contributed by atoms with Crippen LogP contribution in [0.25, 0.3) is 0 Å². The molecule has 0 unspecified atom stereocenters. The molecule has 0 amide bonds. The molecule has 0 bridgehead atoms. The van der Waals surface area contributed by atoms with Crippen LogP contribution >= 0.6 is 0 Å². The highest BCUT2D eigenvalue weighted by Crippen LogP contribution is 2.32. The van der Waals surface area contributed by atoms with E-state index in [0.29, 0.717) is 5.57 Å². The second kappa shape index (κ2) is 6.19. The summed E-state index contributed by atoms with van der Waals surface area (Å²) in [5, 5.41) is 10.1. The lowest BCUT2D eigenvalue weighted by Gasteiger charge is -2.32. The number of hydrogen-bond donors (Lipinski definition) is 1. The van der Waals surface area contributed by atoms with Crippen LogP contribution in [0.1, 0.15) is 41.0 Å². The summed E-state index contributed by atoms with van der Waals surface area (Å²) >= 11 is 0. The molecule has 0 saturated heterocycles. The standard InChI is InChI=1S/C14H24O5/c1-9(2)8-14(6,12(17)18-7)10(15)11(16)19-13(3,4)5/h10,15H,1,8H2,2-7H3/t10-,14-/m0/s1. The summed E-state index contributed by atoms with van der Waals surface area (Å²) in [6.45, 7) is 11.9. The van der Waals surface area contributed by atoms with E-state index in [1.807, 2.05) is 0 Å². The lowest BCUT2D eigenvalue weighted by atomic mass is 9.78. The zero-order valence-corrected chi connectivity index (χ0v) is 12.6. The average molecular weight is 272 g/mol. The maximum absolute atomic E-state index is 11.9. The Bertz CT molecular complexity index is 367. The van der Waals surface area contributed by atoms with Crippen LogP contribution in [0.5, 0.6) is 0 Å². The first-order valence-electron chi connectivity index (χ1n) is 6.08. The molecule has 0 aromatic carbocycles. The fourth-order valence-electron chi connectivity index (χ4n) is 1.76. The van der Waals surface area contributed by atoms with Crippen molar-refractivity contribution in [2.45, 2.75) is 52.7 Å². The van der Waals surface area contributed by atoms with Crippen LogP contribution < -0.4 is 0 Å². The summed E-state index contributed by atoms with van der Waals surface area (Å²) < 4.78 is 9.77. The van der Waals surface area contributed by atoms with Gasteiger partial charge in [-0.1, -0.05) is 5.57 Å². The van der Waals surface area contributed by atoms with Crippen molar-refractivity contribution in [2.24, 2.45) is 5.41 Å². The van der Waals surface area contributed by atoms with Crippen LogP contribution in [0.4, 0.5) is 0 Å². The number of aliphatic hydroxyl groups is 1. The van der Waals surface area contributed by atoms with Gasteiger partial charge in [-0.3, -0.25) is 4.79 Å². The van der Waals surface area contributed by atoms with Gasteiger partial charge in [0, 0.05) is 0 Å². The van der Waals surface area contributed by atoms with Gasteiger partial charge in [0.15, 0.2) is 6.10 Å². The third kappa shape index (κ3) is 5.03. The highest BCUT2D eigenvalue weighted by Gasteiger charge is 2.47. The van der Waals surface area contributed by atoms with E-state index in [9.17, 15) is 14.7 Å². The molecule has 5 nitrogen and oxygen atoms in total. The molecule has 0 aliphatic heterocycles. The van der Waals surface area contributed by atoms with Crippen molar-refractivity contribution >= 4 is 11.9 Å². The smallest absolute Gasteiger partial charge is 0.336 e. The third-order valence-corrected chi connectivity index (χ3v) is 2.55. The van der Waals surface area contributed by atoms with Crippen LogP contribution in [0.15, 0.2) is 12.2 Å². The Morgan fingerprint density at radius 2 is 1.74 bits per heavy atom. The van der Waals surface area contributed by atoms with E-state index in [-0.39, 0.29) is 6.42 Å². The fourth-order valence-corrected chi connectivity index (χ4v) is 1.76. The molecule has 0 radical (unpaired) electrons. The molecule has 1 N–H and O–H groups in total. The van der Waals surface area contributed by atoms with Crippen molar-refractivity contribution in [1.29, 1.82) is 0 Å². The van der Waals surface area contributed by atoms with Crippen molar-refractivity contribution in [2.75, 3.05) is 7.11 Å². The largest absolute Gasteiger partial charge is 0.469 e. The minimum Gasteiger partial charge on any atom is -0.469 e. The predicted octanol–water partition coefficient (Wildman–Crippen LogP) is 1.83. The van der Waals surface area contributed by atoms with E-state index < -0.39 is 29.1 Å². The zero-order chi connectivity index (χ0) is 15.4. The summed E-state index contributed by atoms with van der Waals surface area (Å²) in [6, 6.07) is 0. The topological polar surface area (TPSA) is 72.8 Å². The number of ether oxygens (including phenoxy) is 2. The minimum absolute atomic E-state index is 0.139. The quantitative estimate of drug-likeness (QED) is 0.610. The van der Waals surface area contributed by atoms with Gasteiger partial charge in [0.1, 0.15) is 11.0 Å². The fraction of sp³-hybridized carbons (Fsp3) is 0.714. The summed E-state index contributed by atoms with van der Waals surface area (Å²) in [5.41, 5.74) is -1.48. The molecule has 0 fully saturated rings. The van der Waals surface area contributed by atoms with Crippen molar-refractivity contribution in [3.8, 4) is 0 Å². The van der Waals surface area contributed by atoms with Gasteiger partial charge in [-0.05, 0) is 41.0 Å². The van der Waals surface area contributed by atoms with Crippen LogP contribution in [-0.2, 0) is 19.1 Å². The summed E-state index contributed by atoms with van der Waals surface area (Å²) in [6.07, 6.45) is -1.46. The highest BCUT2D eigenvalue weighted by molar-refractivity contribution is 5.87. The number of esters is 2. The molecule has 5 heteroatoms. The van der Waals surface area contributed by atoms with Crippen LogP contribution in [-0.4, -0.2) is 35.9 Å². The molecule has 0 saturated carbocycles. The highest BCUT2D eigenvalue weighted by atomic mass is 16.6. The van der Waals surface area contributed by atoms with E-state index in [1.54, 1.807) is 27.7 Å².